The van der Waals surface area contributed by atoms with Crippen molar-refractivity contribution in [1.82, 2.24) is 4.67 Å². The van der Waals surface area contributed by atoms with Crippen LogP contribution in [-0.4, -0.2) is 42.9 Å². The molecule has 0 saturated carbocycles. The molecule has 0 aliphatic heterocycles. The van der Waals surface area contributed by atoms with E-state index in [0.29, 0.717) is 12.1 Å². The molecule has 0 spiro atoms. The first-order valence-corrected chi connectivity index (χ1v) is 11.1. The normalized spacial score (nSPS) is 15.0. The fourth-order valence-electron chi connectivity index (χ4n) is 1.53. The molecule has 0 heterocycles. The highest BCUT2D eigenvalue weighted by atomic mass is 32.4. The standard InChI is InChI=1S/C12H20N3O3PS2/c1-11-4-6-12(7-5-11)14-10-15(19(13,16)20)8-3-9-21(2,17)18/h4-7,10H,3,8-9H2,1-2H3,(H3,13,16,20). The molecule has 0 fully saturated rings. The summed E-state index contributed by atoms with van der Waals surface area (Å²) in [6.45, 7) is -0.968. The van der Waals surface area contributed by atoms with Crippen molar-refractivity contribution in [3.63, 3.8) is 0 Å². The van der Waals surface area contributed by atoms with Crippen LogP contribution in [0, 0.1) is 6.92 Å². The molecule has 1 atom stereocenters. The van der Waals surface area contributed by atoms with Crippen LogP contribution in [0.25, 0.3) is 0 Å². The number of benzene rings is 1. The molecule has 3 N–H and O–H groups in total. The topological polar surface area (TPSA) is 96.0 Å². The third kappa shape index (κ3) is 7.68. The van der Waals surface area contributed by atoms with Crippen LogP contribution in [0.15, 0.2) is 29.3 Å². The number of hydrogen-bond donors (Lipinski definition) is 2. The zero-order valence-electron chi connectivity index (χ0n) is 12.0. The Morgan fingerprint density at radius 1 is 1.43 bits per heavy atom. The lowest BCUT2D eigenvalue weighted by Gasteiger charge is -2.24. The molecule has 0 bridgehead atoms. The fourth-order valence-corrected chi connectivity index (χ4v) is 3.18. The molecule has 6 nitrogen and oxygen atoms in total. The Labute approximate surface area is 130 Å². The Bertz CT molecular complexity index is 638. The van der Waals surface area contributed by atoms with Gasteiger partial charge in [0.1, 0.15) is 9.84 Å². The van der Waals surface area contributed by atoms with Crippen molar-refractivity contribution in [2.24, 2.45) is 10.5 Å². The molecular formula is C12H20N3O3PS2. The summed E-state index contributed by atoms with van der Waals surface area (Å²) in [4.78, 5) is 14.0. The summed E-state index contributed by atoms with van der Waals surface area (Å²) in [5, 5.41) is 0. The van der Waals surface area contributed by atoms with Crippen molar-refractivity contribution in [3.8, 4) is 0 Å². The van der Waals surface area contributed by atoms with Crippen molar-refractivity contribution in [2.75, 3.05) is 18.6 Å². The van der Waals surface area contributed by atoms with Gasteiger partial charge in [0.15, 0.2) is 0 Å². The van der Waals surface area contributed by atoms with Crippen LogP contribution in [0.1, 0.15) is 12.0 Å². The van der Waals surface area contributed by atoms with Gasteiger partial charge in [-0.3, -0.25) is 5.50 Å². The average molecular weight is 349 g/mol. The van der Waals surface area contributed by atoms with Gasteiger partial charge in [-0.15, -0.1) is 0 Å². The Balaban J connectivity index is 2.75. The van der Waals surface area contributed by atoms with Crippen LogP contribution < -0.4 is 5.50 Å². The zero-order valence-corrected chi connectivity index (χ0v) is 14.5. The first kappa shape index (κ1) is 18.3. The van der Waals surface area contributed by atoms with Gasteiger partial charge in [0.05, 0.1) is 17.8 Å². The van der Waals surface area contributed by atoms with Gasteiger partial charge in [-0.2, -0.15) is 0 Å². The average Bonchev–Trinajstić information content (AvgIpc) is 2.32. The van der Waals surface area contributed by atoms with Crippen molar-refractivity contribution >= 4 is 40.2 Å². The minimum atomic E-state index is -3.18. The van der Waals surface area contributed by atoms with E-state index in [1.54, 1.807) is 0 Å². The number of aliphatic imine (C=N–C) groups is 1. The second-order valence-electron chi connectivity index (χ2n) is 4.82. The van der Waals surface area contributed by atoms with Gasteiger partial charge in [0.25, 0.3) is 0 Å². The van der Waals surface area contributed by atoms with E-state index in [0.717, 1.165) is 11.8 Å². The Kier molecular flexibility index (Phi) is 6.49. The molecule has 9 heteroatoms. The van der Waals surface area contributed by atoms with Gasteiger partial charge in [-0.25, -0.2) is 13.4 Å². The highest BCUT2D eigenvalue weighted by Gasteiger charge is 2.15. The second kappa shape index (κ2) is 7.47. The van der Waals surface area contributed by atoms with Crippen LogP contribution >= 0.6 is 6.57 Å². The monoisotopic (exact) mass is 349 g/mol. The van der Waals surface area contributed by atoms with Crippen molar-refractivity contribution < 1.29 is 13.3 Å². The summed E-state index contributed by atoms with van der Waals surface area (Å²) in [6, 6.07) is 7.49. The molecule has 21 heavy (non-hydrogen) atoms. The largest absolute Gasteiger partial charge is 0.339 e. The molecule has 0 aliphatic carbocycles. The second-order valence-corrected chi connectivity index (χ2v) is 10.4. The molecule has 0 radical (unpaired) electrons. The number of sulfone groups is 1. The molecule has 0 aromatic heterocycles. The van der Waals surface area contributed by atoms with Crippen LogP contribution in [0.3, 0.4) is 0 Å². The first-order valence-electron chi connectivity index (χ1n) is 6.25. The lowest BCUT2D eigenvalue weighted by molar-refractivity contribution is 0.526. The number of hydrogen-bond acceptors (Lipinski definition) is 4. The number of nitrogens with two attached hydrogens (primary N) is 1. The molecule has 1 aromatic carbocycles. The third-order valence-electron chi connectivity index (χ3n) is 2.64. The van der Waals surface area contributed by atoms with E-state index in [1.165, 1.54) is 11.0 Å². The molecule has 1 unspecified atom stereocenters. The van der Waals surface area contributed by atoms with Crippen LogP contribution in [0.5, 0.6) is 0 Å². The summed E-state index contributed by atoms with van der Waals surface area (Å²) in [5.41, 5.74) is 7.41. The summed E-state index contributed by atoms with van der Waals surface area (Å²) in [6.07, 6.45) is 2.87. The van der Waals surface area contributed by atoms with Crippen molar-refractivity contribution in [2.45, 2.75) is 13.3 Å². The minimum Gasteiger partial charge on any atom is -0.339 e. The number of aryl methyl sites for hydroxylation is 1. The third-order valence-corrected chi connectivity index (χ3v) is 5.34. The molecule has 0 saturated heterocycles. The van der Waals surface area contributed by atoms with Gasteiger partial charge in [0.2, 0.25) is 6.57 Å². The molecule has 1 aromatic rings. The van der Waals surface area contributed by atoms with E-state index in [1.807, 2.05) is 31.2 Å². The number of nitrogens with zero attached hydrogens (tertiary/aromatic N) is 2. The maximum absolute atomic E-state index is 11.1. The number of rotatable bonds is 7. The van der Waals surface area contributed by atoms with Gasteiger partial charge in [0, 0.05) is 12.8 Å². The van der Waals surface area contributed by atoms with Gasteiger partial charge < -0.3 is 9.56 Å². The van der Waals surface area contributed by atoms with Gasteiger partial charge in [-0.05, 0) is 37.3 Å². The minimum absolute atomic E-state index is 0.0111. The Hall–Kier alpha value is -0.790. The molecule has 118 valence electrons. The van der Waals surface area contributed by atoms with Crippen molar-refractivity contribution in [1.29, 1.82) is 0 Å². The zero-order chi connectivity index (χ0) is 16.1. The lowest BCUT2D eigenvalue weighted by atomic mass is 10.2. The molecule has 0 aliphatic rings. The fraction of sp³-hybridized carbons (Fsp3) is 0.417. The van der Waals surface area contributed by atoms with Gasteiger partial charge >= 0.3 is 0 Å². The first-order chi connectivity index (χ1) is 9.58. The molecular weight excluding hydrogens is 329 g/mol. The van der Waals surface area contributed by atoms with Crippen LogP contribution in [-0.2, 0) is 21.6 Å². The van der Waals surface area contributed by atoms with E-state index in [9.17, 15) is 13.3 Å². The lowest BCUT2D eigenvalue weighted by Crippen LogP contribution is -2.25. The maximum atomic E-state index is 11.1. The van der Waals surface area contributed by atoms with Crippen molar-refractivity contribution in [3.05, 3.63) is 29.8 Å². The molecule has 1 rings (SSSR count). The van der Waals surface area contributed by atoms with E-state index >= 15 is 0 Å². The summed E-state index contributed by atoms with van der Waals surface area (Å²) >= 11 is 4.88. The highest BCUT2D eigenvalue weighted by molar-refractivity contribution is 8.09. The predicted octanol–water partition coefficient (Wildman–Crippen LogP) is 1.57. The Morgan fingerprint density at radius 2 is 2.00 bits per heavy atom. The van der Waals surface area contributed by atoms with E-state index in [-0.39, 0.29) is 12.3 Å². The van der Waals surface area contributed by atoms with Crippen LogP contribution in [0.2, 0.25) is 0 Å². The van der Waals surface area contributed by atoms with E-state index in [4.69, 9.17) is 17.3 Å². The molecule has 0 amide bonds. The van der Waals surface area contributed by atoms with E-state index in [2.05, 4.69) is 4.99 Å². The Morgan fingerprint density at radius 3 is 2.48 bits per heavy atom. The SMILES string of the molecule is Cc1ccc(N=CN(CCCS(C)(=O)=O)P(N)(O)=S)cc1. The summed E-state index contributed by atoms with van der Waals surface area (Å²) < 4.78 is 23.6. The summed E-state index contributed by atoms with van der Waals surface area (Å²) in [5.74, 6) is 0.0111. The summed E-state index contributed by atoms with van der Waals surface area (Å²) in [7, 11) is -3.05. The van der Waals surface area contributed by atoms with Gasteiger partial charge in [-0.1, -0.05) is 17.7 Å². The van der Waals surface area contributed by atoms with Crippen LogP contribution in [0.4, 0.5) is 5.69 Å². The maximum Gasteiger partial charge on any atom is 0.221 e. The highest BCUT2D eigenvalue weighted by Crippen LogP contribution is 2.35. The smallest absolute Gasteiger partial charge is 0.221 e. The van der Waals surface area contributed by atoms with E-state index < -0.39 is 16.4 Å². The quantitative estimate of drug-likeness (QED) is 0.441. The predicted molar refractivity (Wildman–Crippen MR) is 91.1 cm³/mol.